The average Bonchev–Trinajstić information content (AvgIpc) is 3.20. The van der Waals surface area contributed by atoms with Gasteiger partial charge in [-0.15, -0.1) is 0 Å². The molecule has 3 aromatic rings. The van der Waals surface area contributed by atoms with Crippen molar-refractivity contribution in [1.29, 1.82) is 0 Å². The SMILES string of the molecule is COc1cc(S(C)(=O)=O)ccc1NCC#Cc1cc2c(N[C@@H]3CN(C)CC[C@@H]3O)cccc2n1CC(F)(F)F. The monoisotopic (exact) mass is 564 g/mol. The van der Waals surface area contributed by atoms with Crippen molar-refractivity contribution < 1.29 is 31.4 Å². The van der Waals surface area contributed by atoms with Crippen molar-refractivity contribution in [3.05, 3.63) is 48.2 Å². The number of fused-ring (bicyclic) bond motifs is 1. The van der Waals surface area contributed by atoms with E-state index in [0.717, 1.165) is 17.4 Å². The van der Waals surface area contributed by atoms with E-state index in [9.17, 15) is 26.7 Å². The highest BCUT2D eigenvalue weighted by Gasteiger charge is 2.30. The summed E-state index contributed by atoms with van der Waals surface area (Å²) in [5.74, 6) is 6.00. The number of nitrogens with one attached hydrogen (secondary N) is 2. The van der Waals surface area contributed by atoms with Crippen molar-refractivity contribution in [3.8, 4) is 17.6 Å². The van der Waals surface area contributed by atoms with E-state index < -0.39 is 28.7 Å². The van der Waals surface area contributed by atoms with E-state index in [1.54, 1.807) is 30.3 Å². The number of piperidine rings is 1. The van der Waals surface area contributed by atoms with Crippen LogP contribution in [0.4, 0.5) is 24.5 Å². The summed E-state index contributed by atoms with van der Waals surface area (Å²) in [5, 5.41) is 17.4. The number of rotatable bonds is 7. The molecule has 2 heterocycles. The van der Waals surface area contributed by atoms with Crippen LogP contribution in [-0.4, -0.2) is 81.4 Å². The van der Waals surface area contributed by atoms with Crippen molar-refractivity contribution >= 4 is 32.1 Å². The van der Waals surface area contributed by atoms with E-state index in [1.165, 1.54) is 19.2 Å². The number of aliphatic hydroxyl groups excluding tert-OH is 1. The molecule has 0 bridgehead atoms. The van der Waals surface area contributed by atoms with E-state index in [1.807, 2.05) is 7.05 Å². The number of methoxy groups -OCH3 is 1. The summed E-state index contributed by atoms with van der Waals surface area (Å²) in [6, 6.07) is 10.8. The Bertz CT molecular complexity index is 1510. The number of likely N-dealkylation sites (tertiary alicyclic amines) is 1. The predicted octanol–water partition coefficient (Wildman–Crippen LogP) is 3.56. The second-order valence-corrected chi connectivity index (χ2v) is 11.6. The summed E-state index contributed by atoms with van der Waals surface area (Å²) >= 11 is 0. The van der Waals surface area contributed by atoms with Crippen molar-refractivity contribution in [2.45, 2.75) is 36.2 Å². The highest BCUT2D eigenvalue weighted by Crippen LogP contribution is 2.31. The molecule has 0 aliphatic carbocycles. The van der Waals surface area contributed by atoms with E-state index >= 15 is 0 Å². The van der Waals surface area contributed by atoms with Gasteiger partial charge in [-0.1, -0.05) is 12.0 Å². The van der Waals surface area contributed by atoms with Crippen LogP contribution in [0.25, 0.3) is 10.9 Å². The Kier molecular flexibility index (Phi) is 8.34. The van der Waals surface area contributed by atoms with Crippen LogP contribution in [0.1, 0.15) is 12.1 Å². The number of hydrogen-bond donors (Lipinski definition) is 3. The number of hydrogen-bond acceptors (Lipinski definition) is 7. The maximum atomic E-state index is 13.5. The lowest BCUT2D eigenvalue weighted by Crippen LogP contribution is -2.48. The Morgan fingerprint density at radius 2 is 1.95 bits per heavy atom. The first-order chi connectivity index (χ1) is 18.4. The molecule has 2 aromatic carbocycles. The van der Waals surface area contributed by atoms with Crippen LogP contribution in [0, 0.1) is 11.8 Å². The van der Waals surface area contributed by atoms with Gasteiger partial charge in [0.25, 0.3) is 0 Å². The third-order valence-corrected chi connectivity index (χ3v) is 7.70. The fourth-order valence-electron chi connectivity index (χ4n) is 4.63. The predicted molar refractivity (Wildman–Crippen MR) is 145 cm³/mol. The molecule has 0 unspecified atom stereocenters. The lowest BCUT2D eigenvalue weighted by atomic mass is 10.0. The first kappa shape index (κ1) is 28.6. The summed E-state index contributed by atoms with van der Waals surface area (Å²) < 4.78 is 70.5. The first-order valence-electron chi connectivity index (χ1n) is 12.3. The molecule has 2 atom stereocenters. The molecule has 0 saturated carbocycles. The number of anilines is 2. The standard InChI is InChI=1S/C27H31F3N4O4S/c1-33-13-11-25(35)23(16-33)32-21-7-4-8-24-20(21)14-18(34(24)17-27(28,29)30)6-5-12-31-22-10-9-19(39(3,36)37)15-26(22)38-2/h4,7-10,14-15,23,25,31-32,35H,11-13,16-17H2,1-3H3/t23-,25+/m1/s1. The Labute approximate surface area is 225 Å². The molecule has 0 spiro atoms. The molecule has 0 amide bonds. The molecule has 1 aromatic heterocycles. The fraction of sp³-hybridized carbons (Fsp3) is 0.407. The zero-order chi connectivity index (χ0) is 28.4. The number of likely N-dealkylation sites (N-methyl/N-ethyl adjacent to an activating group) is 1. The Morgan fingerprint density at radius 3 is 2.64 bits per heavy atom. The quantitative estimate of drug-likeness (QED) is 0.378. The largest absolute Gasteiger partial charge is 0.495 e. The van der Waals surface area contributed by atoms with Gasteiger partial charge < -0.3 is 29.9 Å². The summed E-state index contributed by atoms with van der Waals surface area (Å²) in [7, 11) is -0.0535. The number of sulfone groups is 1. The molecule has 1 aliphatic heterocycles. The molecular weight excluding hydrogens is 533 g/mol. The summed E-state index contributed by atoms with van der Waals surface area (Å²) in [6.07, 6.45) is -3.33. The Balaban J connectivity index is 1.62. The van der Waals surface area contributed by atoms with Crippen LogP contribution in [0.3, 0.4) is 0 Å². The van der Waals surface area contributed by atoms with Gasteiger partial charge in [0, 0.05) is 36.5 Å². The van der Waals surface area contributed by atoms with Crippen LogP contribution >= 0.6 is 0 Å². The third kappa shape index (κ3) is 6.98. The van der Waals surface area contributed by atoms with Crippen molar-refractivity contribution in [3.63, 3.8) is 0 Å². The summed E-state index contributed by atoms with van der Waals surface area (Å²) in [6.45, 7) is 0.252. The summed E-state index contributed by atoms with van der Waals surface area (Å²) in [4.78, 5) is 2.19. The smallest absolute Gasteiger partial charge is 0.406 e. The van der Waals surface area contributed by atoms with Gasteiger partial charge in [0.15, 0.2) is 9.84 Å². The molecule has 3 N–H and O–H groups in total. The Morgan fingerprint density at radius 1 is 1.18 bits per heavy atom. The zero-order valence-electron chi connectivity index (χ0n) is 21.8. The Hall–Kier alpha value is -3.40. The number of ether oxygens (including phenoxy) is 1. The van der Waals surface area contributed by atoms with Crippen molar-refractivity contribution in [2.24, 2.45) is 0 Å². The maximum absolute atomic E-state index is 13.5. The van der Waals surface area contributed by atoms with Crippen molar-refractivity contribution in [1.82, 2.24) is 9.47 Å². The van der Waals surface area contributed by atoms with E-state index in [-0.39, 0.29) is 23.2 Å². The van der Waals surface area contributed by atoms with E-state index in [2.05, 4.69) is 27.4 Å². The van der Waals surface area contributed by atoms with Crippen LogP contribution in [0.5, 0.6) is 5.75 Å². The highest BCUT2D eigenvalue weighted by atomic mass is 32.2. The van der Waals surface area contributed by atoms with Gasteiger partial charge in [-0.3, -0.25) is 0 Å². The molecule has 4 rings (SSSR count). The van der Waals surface area contributed by atoms with Gasteiger partial charge in [0.05, 0.1) is 47.6 Å². The molecular formula is C27H31F3N4O4S. The van der Waals surface area contributed by atoms with Gasteiger partial charge in [-0.05, 0) is 49.7 Å². The summed E-state index contributed by atoms with van der Waals surface area (Å²) in [5.41, 5.74) is 1.70. The number of benzene rings is 2. The second kappa shape index (κ2) is 11.4. The fourth-order valence-corrected chi connectivity index (χ4v) is 5.27. The van der Waals surface area contributed by atoms with Gasteiger partial charge in [-0.2, -0.15) is 13.2 Å². The topological polar surface area (TPSA) is 95.8 Å². The van der Waals surface area contributed by atoms with Gasteiger partial charge in [-0.25, -0.2) is 8.42 Å². The van der Waals surface area contributed by atoms with Gasteiger partial charge in [0.1, 0.15) is 12.3 Å². The lowest BCUT2D eigenvalue weighted by molar-refractivity contribution is -0.140. The minimum atomic E-state index is -4.46. The third-order valence-electron chi connectivity index (χ3n) is 6.59. The number of aromatic nitrogens is 1. The average molecular weight is 565 g/mol. The van der Waals surface area contributed by atoms with Gasteiger partial charge >= 0.3 is 6.18 Å². The lowest BCUT2D eigenvalue weighted by Gasteiger charge is -2.35. The van der Waals surface area contributed by atoms with E-state index in [0.29, 0.717) is 41.0 Å². The van der Waals surface area contributed by atoms with Crippen LogP contribution in [0.15, 0.2) is 47.4 Å². The molecule has 1 saturated heterocycles. The first-order valence-corrected chi connectivity index (χ1v) is 14.2. The molecule has 210 valence electrons. The van der Waals surface area contributed by atoms with Crippen LogP contribution < -0.4 is 15.4 Å². The van der Waals surface area contributed by atoms with Gasteiger partial charge in [0.2, 0.25) is 0 Å². The normalized spacial score (nSPS) is 18.4. The zero-order valence-corrected chi connectivity index (χ0v) is 22.7. The minimum absolute atomic E-state index is 0.0772. The van der Waals surface area contributed by atoms with Crippen LogP contribution in [0.2, 0.25) is 0 Å². The number of nitrogens with zero attached hydrogens (tertiary/aromatic N) is 2. The number of alkyl halides is 3. The molecule has 1 fully saturated rings. The molecule has 8 nitrogen and oxygen atoms in total. The molecule has 12 heteroatoms. The van der Waals surface area contributed by atoms with E-state index in [4.69, 9.17) is 4.74 Å². The second-order valence-electron chi connectivity index (χ2n) is 9.63. The highest BCUT2D eigenvalue weighted by molar-refractivity contribution is 7.90. The minimum Gasteiger partial charge on any atom is -0.495 e. The number of halogens is 3. The van der Waals surface area contributed by atoms with Crippen LogP contribution in [-0.2, 0) is 16.4 Å². The molecule has 1 aliphatic rings. The number of aliphatic hydroxyl groups is 1. The molecule has 39 heavy (non-hydrogen) atoms. The molecule has 0 radical (unpaired) electrons. The maximum Gasteiger partial charge on any atom is 0.406 e. The van der Waals surface area contributed by atoms with Crippen molar-refractivity contribution in [2.75, 3.05) is 50.7 Å².